The second kappa shape index (κ2) is 10.2. The summed E-state index contributed by atoms with van der Waals surface area (Å²) in [6.45, 7) is 14.0. The maximum absolute atomic E-state index is 5.07. The van der Waals surface area contributed by atoms with Crippen molar-refractivity contribution < 1.29 is 52.8 Å². The summed E-state index contributed by atoms with van der Waals surface area (Å²) in [5.74, 6) is 0. The summed E-state index contributed by atoms with van der Waals surface area (Å²) in [4.78, 5) is 5.07. The molecule has 2 radical (unpaired) electrons. The fourth-order valence-electron chi connectivity index (χ4n) is 4.77. The van der Waals surface area contributed by atoms with Gasteiger partial charge in [-0.15, -0.1) is 5.56 Å². The normalized spacial score (nSPS) is 15.6. The Labute approximate surface area is 241 Å². The zero-order chi connectivity index (χ0) is 21.3. The van der Waals surface area contributed by atoms with Crippen LogP contribution in [0, 0.1) is 24.3 Å². The van der Waals surface area contributed by atoms with Crippen molar-refractivity contribution in [2.75, 3.05) is 0 Å². The van der Waals surface area contributed by atoms with E-state index in [1.807, 2.05) is 6.07 Å². The van der Waals surface area contributed by atoms with E-state index < -0.39 is 0 Å². The van der Waals surface area contributed by atoms with Gasteiger partial charge in [0.15, 0.2) is 0 Å². The number of nitrogens with zero attached hydrogens (tertiary/aromatic N) is 2. The fourth-order valence-corrected chi connectivity index (χ4v) is 5.65. The monoisotopic (exact) mass is 711 g/mol. The minimum Gasteiger partial charge on any atom is -0.358 e. The molecule has 0 fully saturated rings. The summed E-state index contributed by atoms with van der Waals surface area (Å²) >= 11 is 1.79. The number of rotatable bonds is 2. The molecule has 0 saturated carbocycles. The zero-order valence-corrected chi connectivity index (χ0v) is 26.8. The van der Waals surface area contributed by atoms with Crippen LogP contribution in [-0.2, 0) is 65.7 Å². The van der Waals surface area contributed by atoms with Crippen molar-refractivity contribution in [1.29, 1.82) is 0 Å². The second-order valence-electron chi connectivity index (χ2n) is 11.1. The molecule has 1 atom stereocenters. The summed E-state index contributed by atoms with van der Waals surface area (Å²) in [5.41, 5.74) is 8.54. The van der Waals surface area contributed by atoms with Crippen molar-refractivity contribution in [3.63, 3.8) is 0 Å². The molecule has 0 spiro atoms. The van der Waals surface area contributed by atoms with E-state index in [9.17, 15) is 0 Å². The van der Waals surface area contributed by atoms with Crippen molar-refractivity contribution in [2.24, 2.45) is 15.8 Å². The van der Waals surface area contributed by atoms with E-state index in [4.69, 9.17) is 4.99 Å². The Kier molecular flexibility index (Phi) is 8.91. The SMILES string of the molecule is CC(C)(C)Cc1cc2c(cc1CC(C)(C)C)[N+]1=c3sccc3=NC1c1[c-]cccc1-2.[CH3-].[Ir].[Y]. The van der Waals surface area contributed by atoms with Gasteiger partial charge < -0.3 is 7.43 Å². The van der Waals surface area contributed by atoms with E-state index in [1.165, 1.54) is 38.2 Å². The van der Waals surface area contributed by atoms with Gasteiger partial charge >= 0.3 is 0 Å². The third-order valence-electron chi connectivity index (χ3n) is 5.80. The van der Waals surface area contributed by atoms with E-state index in [1.54, 1.807) is 11.3 Å². The van der Waals surface area contributed by atoms with Crippen LogP contribution < -0.4 is 14.6 Å². The molecule has 1 unspecified atom stereocenters. The molecule has 3 heterocycles. The second-order valence-corrected chi connectivity index (χ2v) is 12.0. The van der Waals surface area contributed by atoms with Gasteiger partial charge in [0.25, 0.3) is 10.8 Å². The first-order chi connectivity index (χ1) is 14.1. The summed E-state index contributed by atoms with van der Waals surface area (Å²) in [6.07, 6.45) is 2.16. The molecule has 1 aromatic heterocycles. The first-order valence-corrected chi connectivity index (χ1v) is 11.7. The van der Waals surface area contributed by atoms with E-state index >= 15 is 0 Å². The Morgan fingerprint density at radius 2 is 1.61 bits per heavy atom. The van der Waals surface area contributed by atoms with Gasteiger partial charge in [-0.25, -0.2) is 4.99 Å². The maximum atomic E-state index is 5.07. The number of benzene rings is 2. The molecule has 0 amide bonds. The summed E-state index contributed by atoms with van der Waals surface area (Å²) in [6, 6.07) is 17.0. The van der Waals surface area contributed by atoms with Crippen LogP contribution in [0.25, 0.3) is 11.1 Å². The number of thiophene rings is 1. The average molecular weight is 711 g/mol. The molecule has 2 aromatic carbocycles. The van der Waals surface area contributed by atoms with Gasteiger partial charge in [-0.3, -0.25) is 0 Å². The molecule has 3 aromatic rings. The molecule has 0 bridgehead atoms. The molecule has 5 rings (SSSR count). The van der Waals surface area contributed by atoms with E-state index in [0.717, 1.165) is 18.2 Å². The van der Waals surface area contributed by atoms with Gasteiger partial charge in [-0.2, -0.15) is 28.8 Å². The topological polar surface area (TPSA) is 15.4 Å². The zero-order valence-electron chi connectivity index (χ0n) is 20.7. The number of hydrogen-bond donors (Lipinski definition) is 0. The van der Waals surface area contributed by atoms with E-state index in [2.05, 4.69) is 87.9 Å². The van der Waals surface area contributed by atoms with Crippen molar-refractivity contribution >= 4 is 17.0 Å². The summed E-state index contributed by atoms with van der Waals surface area (Å²) in [7, 11) is 0. The van der Waals surface area contributed by atoms with Crippen LogP contribution in [-0.4, -0.2) is 0 Å². The Bertz CT molecular complexity index is 1280. The molecule has 2 aliphatic heterocycles. The predicted octanol–water partition coefficient (Wildman–Crippen LogP) is 6.31. The molecule has 2 aliphatic rings. The van der Waals surface area contributed by atoms with Crippen LogP contribution in [0.4, 0.5) is 5.69 Å². The molecule has 174 valence electrons. The van der Waals surface area contributed by atoms with Crippen LogP contribution >= 0.6 is 11.3 Å². The number of fused-ring (bicyclic) bond motifs is 7. The molecule has 0 N–H and O–H groups in total. The Balaban J connectivity index is 0.00000128. The fraction of sp³-hybridized carbons (Fsp3) is 0.393. The Hall–Kier alpha value is -0.507. The minimum atomic E-state index is 0. The summed E-state index contributed by atoms with van der Waals surface area (Å²) < 4.78 is 3.70. The van der Waals surface area contributed by atoms with E-state index in [-0.39, 0.29) is 77.2 Å². The van der Waals surface area contributed by atoms with Gasteiger partial charge in [0, 0.05) is 58.9 Å². The third kappa shape index (κ3) is 5.51. The average Bonchev–Trinajstić information content (AvgIpc) is 3.21. The molecule has 33 heavy (non-hydrogen) atoms. The molecule has 5 heteroatoms. The van der Waals surface area contributed by atoms with E-state index in [0.29, 0.717) is 0 Å². The van der Waals surface area contributed by atoms with Crippen molar-refractivity contribution in [2.45, 2.75) is 60.5 Å². The van der Waals surface area contributed by atoms with Crippen molar-refractivity contribution in [3.8, 4) is 11.1 Å². The van der Waals surface area contributed by atoms with Crippen LogP contribution in [0.1, 0.15) is 64.4 Å². The Morgan fingerprint density at radius 3 is 2.24 bits per heavy atom. The molecule has 2 nitrogen and oxygen atoms in total. The first-order valence-electron chi connectivity index (χ1n) is 10.9. The number of hydrogen-bond acceptors (Lipinski definition) is 2. The van der Waals surface area contributed by atoms with Gasteiger partial charge in [0.2, 0.25) is 5.69 Å². The quantitative estimate of drug-likeness (QED) is 0.219. The Morgan fingerprint density at radius 1 is 0.970 bits per heavy atom. The van der Waals surface area contributed by atoms with Crippen LogP contribution in [0.2, 0.25) is 0 Å². The molecule has 0 saturated heterocycles. The van der Waals surface area contributed by atoms with Crippen LogP contribution in [0.3, 0.4) is 0 Å². The largest absolute Gasteiger partial charge is 0.358 e. The van der Waals surface area contributed by atoms with Crippen LogP contribution in [0.5, 0.6) is 0 Å². The maximum Gasteiger partial charge on any atom is 0.289 e. The smallest absolute Gasteiger partial charge is 0.289 e. The van der Waals surface area contributed by atoms with Gasteiger partial charge in [-0.05, 0) is 51.8 Å². The molecular formula is C28H33IrN2SY-. The minimum absolute atomic E-state index is 0. The molecule has 0 aliphatic carbocycles. The van der Waals surface area contributed by atoms with Crippen molar-refractivity contribution in [3.05, 3.63) is 82.0 Å². The third-order valence-corrected chi connectivity index (χ3v) is 6.71. The first kappa shape index (κ1) is 28.7. The van der Waals surface area contributed by atoms with Gasteiger partial charge in [0.1, 0.15) is 5.36 Å². The van der Waals surface area contributed by atoms with Crippen molar-refractivity contribution in [1.82, 2.24) is 4.58 Å². The van der Waals surface area contributed by atoms with Gasteiger partial charge in [-0.1, -0.05) is 64.5 Å². The standard InChI is InChI=1S/C27H30N2S.CH3.Ir.Y/c1-26(2,3)15-17-13-21-19-9-7-8-10-20(19)24-28-22-11-12-30-25(22)29(24)23(21)14-18(17)16-27(4,5)6;;;/h7-9,11-14,24H,15-16H2,1-6H3;1H3;;/q;-1;;. The molecular weight excluding hydrogens is 678 g/mol. The summed E-state index contributed by atoms with van der Waals surface area (Å²) in [5, 5.41) is 3.26. The predicted molar refractivity (Wildman–Crippen MR) is 132 cm³/mol. The van der Waals surface area contributed by atoms with Crippen LogP contribution in [0.15, 0.2) is 46.8 Å². The van der Waals surface area contributed by atoms with Gasteiger partial charge in [0.05, 0.1) is 0 Å².